The molecule has 1 fully saturated rings. The third kappa shape index (κ3) is 4.50. The summed E-state index contributed by atoms with van der Waals surface area (Å²) in [5, 5.41) is 3.68. The number of carbonyl (C=O) groups is 1. The molecule has 0 aromatic heterocycles. The Kier molecular flexibility index (Phi) is 6.36. The van der Waals surface area contributed by atoms with Crippen molar-refractivity contribution in [3.8, 4) is 5.75 Å². The lowest BCUT2D eigenvalue weighted by Crippen LogP contribution is -2.45. The van der Waals surface area contributed by atoms with E-state index in [0.717, 1.165) is 22.6 Å². The van der Waals surface area contributed by atoms with Crippen LogP contribution >= 0.6 is 11.6 Å². The first-order valence-corrected chi connectivity index (χ1v) is 10.5. The van der Waals surface area contributed by atoms with E-state index in [1.807, 2.05) is 78.9 Å². The van der Waals surface area contributed by atoms with E-state index in [4.69, 9.17) is 21.1 Å². The van der Waals surface area contributed by atoms with Crippen molar-refractivity contribution in [2.24, 2.45) is 0 Å². The predicted molar refractivity (Wildman–Crippen MR) is 119 cm³/mol. The summed E-state index contributed by atoms with van der Waals surface area (Å²) in [7, 11) is 0. The van der Waals surface area contributed by atoms with Gasteiger partial charge >= 0.3 is 0 Å². The molecule has 3 aromatic rings. The Morgan fingerprint density at radius 1 is 0.933 bits per heavy atom. The van der Waals surface area contributed by atoms with Crippen LogP contribution in [0.5, 0.6) is 5.75 Å². The highest BCUT2D eigenvalue weighted by Crippen LogP contribution is 2.39. The highest BCUT2D eigenvalue weighted by Gasteiger charge is 2.43. The first-order valence-electron chi connectivity index (χ1n) is 10.1. The van der Waals surface area contributed by atoms with Crippen molar-refractivity contribution in [3.05, 3.63) is 95.0 Å². The van der Waals surface area contributed by atoms with Gasteiger partial charge in [-0.2, -0.15) is 0 Å². The Morgan fingerprint density at radius 2 is 1.60 bits per heavy atom. The number of anilines is 1. The molecule has 0 saturated carbocycles. The summed E-state index contributed by atoms with van der Waals surface area (Å²) in [6, 6.07) is 25.0. The molecular weight excluding hydrogens is 398 g/mol. The molecule has 4 rings (SSSR count). The minimum absolute atomic E-state index is 0.0585. The van der Waals surface area contributed by atoms with Crippen LogP contribution in [0.2, 0.25) is 5.02 Å². The van der Waals surface area contributed by atoms with Gasteiger partial charge in [0, 0.05) is 23.9 Å². The summed E-state index contributed by atoms with van der Waals surface area (Å²) in [5.41, 5.74) is 2.00. The van der Waals surface area contributed by atoms with E-state index in [9.17, 15) is 4.79 Å². The zero-order valence-corrected chi connectivity index (χ0v) is 17.4. The molecule has 5 heteroatoms. The Balaban J connectivity index is 1.47. The topological polar surface area (TPSA) is 47.6 Å². The van der Waals surface area contributed by atoms with Gasteiger partial charge in [0.1, 0.15) is 12.4 Å². The van der Waals surface area contributed by atoms with Gasteiger partial charge in [-0.1, -0.05) is 60.1 Å². The normalized spacial score (nSPS) is 15.4. The molecule has 1 saturated heterocycles. The van der Waals surface area contributed by atoms with Crippen molar-refractivity contribution in [1.29, 1.82) is 0 Å². The van der Waals surface area contributed by atoms with Gasteiger partial charge in [0.15, 0.2) is 0 Å². The zero-order chi connectivity index (χ0) is 20.8. The lowest BCUT2D eigenvalue weighted by Gasteiger charge is -2.36. The minimum atomic E-state index is -0.695. The number of amides is 1. The smallest absolute Gasteiger partial charge is 0.235 e. The average molecular weight is 422 g/mol. The highest BCUT2D eigenvalue weighted by molar-refractivity contribution is 6.31. The van der Waals surface area contributed by atoms with Crippen molar-refractivity contribution in [2.45, 2.75) is 24.9 Å². The molecule has 0 aliphatic carbocycles. The van der Waals surface area contributed by atoms with Crippen LogP contribution < -0.4 is 10.1 Å². The van der Waals surface area contributed by atoms with Crippen molar-refractivity contribution < 1.29 is 14.3 Å². The fraction of sp³-hybridized carbons (Fsp3) is 0.240. The number of hydrogen-bond donors (Lipinski definition) is 1. The Labute approximate surface area is 181 Å². The van der Waals surface area contributed by atoms with E-state index >= 15 is 0 Å². The maximum atomic E-state index is 13.4. The molecule has 1 aliphatic heterocycles. The van der Waals surface area contributed by atoms with E-state index in [1.54, 1.807) is 0 Å². The second-order valence-corrected chi connectivity index (χ2v) is 7.83. The molecule has 154 valence electrons. The predicted octanol–water partition coefficient (Wildman–Crippen LogP) is 5.61. The third-order valence-corrected chi connectivity index (χ3v) is 5.86. The molecule has 1 aliphatic rings. The number of nitrogens with one attached hydrogen (secondary N) is 1. The monoisotopic (exact) mass is 421 g/mol. The molecule has 0 bridgehead atoms. The molecule has 0 radical (unpaired) electrons. The van der Waals surface area contributed by atoms with Gasteiger partial charge < -0.3 is 14.8 Å². The second kappa shape index (κ2) is 9.33. The highest BCUT2D eigenvalue weighted by atomic mass is 35.5. The van der Waals surface area contributed by atoms with Crippen molar-refractivity contribution in [1.82, 2.24) is 0 Å². The molecule has 1 heterocycles. The molecule has 1 N–H and O–H groups in total. The first-order chi connectivity index (χ1) is 14.7. The Bertz CT molecular complexity index is 983. The quantitative estimate of drug-likeness (QED) is 0.563. The first kappa shape index (κ1) is 20.5. The molecule has 4 nitrogen and oxygen atoms in total. The van der Waals surface area contributed by atoms with Gasteiger partial charge in [-0.15, -0.1) is 0 Å². The van der Waals surface area contributed by atoms with Crippen LogP contribution in [0.3, 0.4) is 0 Å². The van der Waals surface area contributed by atoms with E-state index in [2.05, 4.69) is 5.32 Å². The van der Waals surface area contributed by atoms with Crippen LogP contribution in [-0.4, -0.2) is 19.1 Å². The van der Waals surface area contributed by atoms with Crippen molar-refractivity contribution in [3.63, 3.8) is 0 Å². The summed E-state index contributed by atoms with van der Waals surface area (Å²) >= 11 is 6.46. The largest absolute Gasteiger partial charge is 0.489 e. The fourth-order valence-corrected chi connectivity index (χ4v) is 4.13. The standard InChI is InChI=1S/C25H24ClNO3/c26-23-9-5-4-8-22(23)25(14-16-29-17-15-25)24(28)27-20-10-12-21(13-11-20)30-18-19-6-2-1-3-7-19/h1-13H,14-18H2,(H,27,28). The second-order valence-electron chi connectivity index (χ2n) is 7.43. The average Bonchev–Trinajstić information content (AvgIpc) is 2.80. The molecule has 30 heavy (non-hydrogen) atoms. The van der Waals surface area contributed by atoms with Crippen LogP contribution in [0, 0.1) is 0 Å². The number of benzene rings is 3. The number of ether oxygens (including phenoxy) is 2. The molecule has 0 spiro atoms. The number of halogens is 1. The SMILES string of the molecule is O=C(Nc1ccc(OCc2ccccc2)cc1)C1(c2ccccc2Cl)CCOCC1. The molecule has 3 aromatic carbocycles. The maximum Gasteiger partial charge on any atom is 0.235 e. The van der Waals surface area contributed by atoms with Crippen LogP contribution in [-0.2, 0) is 21.6 Å². The molecular formula is C25H24ClNO3. The third-order valence-electron chi connectivity index (χ3n) is 5.53. The summed E-state index contributed by atoms with van der Waals surface area (Å²) in [6.45, 7) is 1.57. The summed E-state index contributed by atoms with van der Waals surface area (Å²) in [4.78, 5) is 13.4. The van der Waals surface area contributed by atoms with Crippen LogP contribution in [0.4, 0.5) is 5.69 Å². The molecule has 1 amide bonds. The number of hydrogen-bond acceptors (Lipinski definition) is 3. The Morgan fingerprint density at radius 3 is 2.30 bits per heavy atom. The number of rotatable bonds is 6. The van der Waals surface area contributed by atoms with Crippen molar-refractivity contribution >= 4 is 23.2 Å². The van der Waals surface area contributed by atoms with E-state index < -0.39 is 5.41 Å². The lowest BCUT2D eigenvalue weighted by atomic mass is 9.73. The zero-order valence-electron chi connectivity index (χ0n) is 16.6. The van der Waals surface area contributed by atoms with E-state index in [1.165, 1.54) is 0 Å². The van der Waals surface area contributed by atoms with Gasteiger partial charge in [0.05, 0.1) is 5.41 Å². The molecule has 0 atom stereocenters. The maximum absolute atomic E-state index is 13.4. The van der Waals surface area contributed by atoms with E-state index in [0.29, 0.717) is 37.7 Å². The van der Waals surface area contributed by atoms with Crippen LogP contribution in [0.1, 0.15) is 24.0 Å². The van der Waals surface area contributed by atoms with Gasteiger partial charge in [0.2, 0.25) is 5.91 Å². The van der Waals surface area contributed by atoms with E-state index in [-0.39, 0.29) is 5.91 Å². The van der Waals surface area contributed by atoms with Gasteiger partial charge in [-0.05, 0) is 54.3 Å². The van der Waals surface area contributed by atoms with Gasteiger partial charge in [-0.25, -0.2) is 0 Å². The van der Waals surface area contributed by atoms with Crippen LogP contribution in [0.25, 0.3) is 0 Å². The summed E-state index contributed by atoms with van der Waals surface area (Å²) in [6.07, 6.45) is 1.20. The molecule has 0 unspecified atom stereocenters. The van der Waals surface area contributed by atoms with Crippen LogP contribution in [0.15, 0.2) is 78.9 Å². The number of carbonyl (C=O) groups excluding carboxylic acids is 1. The fourth-order valence-electron chi connectivity index (χ4n) is 3.81. The van der Waals surface area contributed by atoms with Crippen molar-refractivity contribution in [2.75, 3.05) is 18.5 Å². The summed E-state index contributed by atoms with van der Waals surface area (Å²) < 4.78 is 11.4. The van der Waals surface area contributed by atoms with Gasteiger partial charge in [-0.3, -0.25) is 4.79 Å². The Hall–Kier alpha value is -2.82. The van der Waals surface area contributed by atoms with Gasteiger partial charge in [0.25, 0.3) is 0 Å². The lowest BCUT2D eigenvalue weighted by molar-refractivity contribution is -0.125. The summed E-state index contributed by atoms with van der Waals surface area (Å²) in [5.74, 6) is 0.695. The minimum Gasteiger partial charge on any atom is -0.489 e.